The summed E-state index contributed by atoms with van der Waals surface area (Å²) in [5.41, 5.74) is 3.14. The van der Waals surface area contributed by atoms with Crippen molar-refractivity contribution in [2.45, 2.75) is 53.4 Å². The van der Waals surface area contributed by atoms with Crippen molar-refractivity contribution < 1.29 is 0 Å². The molecule has 0 saturated carbocycles. The van der Waals surface area contributed by atoms with Crippen LogP contribution in [0.3, 0.4) is 0 Å². The molecule has 100 valence electrons. The number of rotatable bonds is 4. The average molecular weight is 252 g/mol. The zero-order chi connectivity index (χ0) is 14.3. The second-order valence-electron chi connectivity index (χ2n) is 4.26. The van der Waals surface area contributed by atoms with Crippen molar-refractivity contribution in [1.82, 2.24) is 0 Å². The fourth-order valence-electron chi connectivity index (χ4n) is 1.40. The quantitative estimate of drug-likeness (QED) is 0.507. The van der Waals surface area contributed by atoms with E-state index in [1.54, 1.807) is 0 Å². The normalized spacial score (nSPS) is 11.2. The first-order chi connectivity index (χ1) is 9.24. The lowest BCUT2D eigenvalue weighted by atomic mass is 10.0. The minimum absolute atomic E-state index is 0.272. The SMILES string of the molecule is CC#CC(CC)CC#CCC=C=CC(C)C#CCC. The second kappa shape index (κ2) is 12.7. The van der Waals surface area contributed by atoms with Crippen LogP contribution in [0.25, 0.3) is 0 Å². The summed E-state index contributed by atoms with van der Waals surface area (Å²) in [5, 5.41) is 0. The predicted molar refractivity (Wildman–Crippen MR) is 84.1 cm³/mol. The first-order valence-electron chi connectivity index (χ1n) is 7.02. The van der Waals surface area contributed by atoms with E-state index in [1.807, 2.05) is 19.1 Å². The maximum atomic E-state index is 3.18. The molecule has 0 aliphatic heterocycles. The predicted octanol–water partition coefficient (Wildman–Crippen LogP) is 4.58. The van der Waals surface area contributed by atoms with Gasteiger partial charge >= 0.3 is 0 Å². The van der Waals surface area contributed by atoms with Gasteiger partial charge in [-0.3, -0.25) is 0 Å². The highest BCUT2D eigenvalue weighted by Crippen LogP contribution is 2.04. The van der Waals surface area contributed by atoms with Gasteiger partial charge in [0, 0.05) is 31.1 Å². The molecule has 0 nitrogen and oxygen atoms in total. The van der Waals surface area contributed by atoms with Gasteiger partial charge in [-0.05, 0) is 32.4 Å². The molecule has 0 fully saturated rings. The molecule has 2 unspecified atom stereocenters. The highest BCUT2D eigenvalue weighted by Gasteiger charge is 1.96. The molecular formula is C19H24. The van der Waals surface area contributed by atoms with E-state index in [0.717, 1.165) is 25.7 Å². The topological polar surface area (TPSA) is 0 Å². The van der Waals surface area contributed by atoms with Crippen molar-refractivity contribution in [3.63, 3.8) is 0 Å². The summed E-state index contributed by atoms with van der Waals surface area (Å²) in [7, 11) is 0. The average Bonchev–Trinajstić information content (AvgIpc) is 2.42. The summed E-state index contributed by atoms with van der Waals surface area (Å²) >= 11 is 0. The Kier molecular flexibility index (Phi) is 11.5. The van der Waals surface area contributed by atoms with E-state index in [9.17, 15) is 0 Å². The van der Waals surface area contributed by atoms with Crippen LogP contribution in [0, 0.1) is 47.4 Å². The lowest BCUT2D eigenvalue weighted by Gasteiger charge is -1.99. The van der Waals surface area contributed by atoms with Crippen LogP contribution in [-0.4, -0.2) is 0 Å². The van der Waals surface area contributed by atoms with Crippen LogP contribution >= 0.6 is 0 Å². The molecule has 0 radical (unpaired) electrons. The van der Waals surface area contributed by atoms with E-state index in [0.29, 0.717) is 5.92 Å². The van der Waals surface area contributed by atoms with Gasteiger partial charge in [-0.2, -0.15) is 0 Å². The second-order valence-corrected chi connectivity index (χ2v) is 4.26. The van der Waals surface area contributed by atoms with Gasteiger partial charge in [-0.25, -0.2) is 0 Å². The van der Waals surface area contributed by atoms with Crippen molar-refractivity contribution in [3.05, 3.63) is 17.9 Å². The van der Waals surface area contributed by atoms with Gasteiger partial charge in [-0.1, -0.05) is 31.6 Å². The lowest BCUT2D eigenvalue weighted by molar-refractivity contribution is 0.671. The van der Waals surface area contributed by atoms with Gasteiger partial charge in [-0.15, -0.1) is 23.5 Å². The van der Waals surface area contributed by atoms with Crippen molar-refractivity contribution in [1.29, 1.82) is 0 Å². The van der Waals surface area contributed by atoms with Crippen molar-refractivity contribution in [3.8, 4) is 35.5 Å². The molecule has 0 aromatic rings. The Labute approximate surface area is 119 Å². The standard InChI is InChI=1S/C19H24/c1-5-8-15-18(4)16-12-10-9-11-13-17-19(7-3)14-6-2/h10,16,18-19H,5,7,9,17H2,1-4H3. The minimum Gasteiger partial charge on any atom is -0.127 e. The van der Waals surface area contributed by atoms with Crippen LogP contribution in [0.5, 0.6) is 0 Å². The van der Waals surface area contributed by atoms with E-state index in [1.165, 1.54) is 0 Å². The Morgan fingerprint density at radius 3 is 2.47 bits per heavy atom. The van der Waals surface area contributed by atoms with Gasteiger partial charge in [0.05, 0.1) is 0 Å². The molecule has 0 aliphatic rings. The van der Waals surface area contributed by atoms with Crippen LogP contribution < -0.4 is 0 Å². The Bertz CT molecular complexity index is 467. The Balaban J connectivity index is 4.08. The van der Waals surface area contributed by atoms with Gasteiger partial charge < -0.3 is 0 Å². The molecule has 19 heavy (non-hydrogen) atoms. The molecule has 0 N–H and O–H groups in total. The first-order valence-corrected chi connectivity index (χ1v) is 7.02. The van der Waals surface area contributed by atoms with E-state index < -0.39 is 0 Å². The number of hydrogen-bond donors (Lipinski definition) is 0. The molecule has 0 amide bonds. The molecule has 0 bridgehead atoms. The third kappa shape index (κ3) is 11.0. The Morgan fingerprint density at radius 2 is 1.84 bits per heavy atom. The maximum Gasteiger partial charge on any atom is 0.0428 e. The lowest BCUT2D eigenvalue weighted by Crippen LogP contribution is -1.92. The smallest absolute Gasteiger partial charge is 0.0428 e. The molecule has 0 aromatic carbocycles. The number of allylic oxidation sites excluding steroid dienone is 1. The summed E-state index contributed by atoms with van der Waals surface area (Å²) in [4.78, 5) is 0. The molecule has 0 aliphatic carbocycles. The zero-order valence-corrected chi connectivity index (χ0v) is 12.6. The fraction of sp³-hybridized carbons (Fsp3) is 0.526. The van der Waals surface area contributed by atoms with Crippen LogP contribution in [-0.2, 0) is 0 Å². The van der Waals surface area contributed by atoms with Crippen molar-refractivity contribution in [2.75, 3.05) is 0 Å². The third-order valence-corrected chi connectivity index (χ3v) is 2.49. The number of hydrogen-bond acceptors (Lipinski definition) is 0. The minimum atomic E-state index is 0.272. The van der Waals surface area contributed by atoms with Gasteiger partial charge in [0.1, 0.15) is 0 Å². The highest BCUT2D eigenvalue weighted by atomic mass is 14.0. The molecular weight excluding hydrogens is 228 g/mol. The fourth-order valence-corrected chi connectivity index (χ4v) is 1.40. The van der Waals surface area contributed by atoms with Crippen molar-refractivity contribution >= 4 is 0 Å². The summed E-state index contributed by atoms with van der Waals surface area (Å²) in [6, 6.07) is 0. The molecule has 2 atom stereocenters. The summed E-state index contributed by atoms with van der Waals surface area (Å²) < 4.78 is 0. The molecule has 0 heteroatoms. The molecule has 0 aromatic heterocycles. The Hall–Kier alpha value is -1.80. The monoisotopic (exact) mass is 252 g/mol. The molecule has 0 spiro atoms. The van der Waals surface area contributed by atoms with Crippen LogP contribution in [0.15, 0.2) is 17.9 Å². The van der Waals surface area contributed by atoms with Gasteiger partial charge in [0.15, 0.2) is 0 Å². The van der Waals surface area contributed by atoms with E-state index in [-0.39, 0.29) is 5.92 Å². The van der Waals surface area contributed by atoms with Crippen LogP contribution in [0.4, 0.5) is 0 Å². The van der Waals surface area contributed by atoms with E-state index in [4.69, 9.17) is 0 Å². The summed E-state index contributed by atoms with van der Waals surface area (Å²) in [6.07, 6.45) is 7.55. The van der Waals surface area contributed by atoms with Gasteiger partial charge in [0.2, 0.25) is 0 Å². The molecule has 0 heterocycles. The third-order valence-electron chi connectivity index (χ3n) is 2.49. The summed E-state index contributed by atoms with van der Waals surface area (Å²) in [5.74, 6) is 19.3. The van der Waals surface area contributed by atoms with E-state index in [2.05, 4.69) is 62.0 Å². The Morgan fingerprint density at radius 1 is 1.05 bits per heavy atom. The van der Waals surface area contributed by atoms with Crippen molar-refractivity contribution in [2.24, 2.45) is 11.8 Å². The van der Waals surface area contributed by atoms with Crippen LogP contribution in [0.2, 0.25) is 0 Å². The molecule has 0 saturated heterocycles. The van der Waals surface area contributed by atoms with Crippen LogP contribution in [0.1, 0.15) is 53.4 Å². The first kappa shape index (κ1) is 17.2. The maximum absolute atomic E-state index is 3.18. The zero-order valence-electron chi connectivity index (χ0n) is 12.6. The largest absolute Gasteiger partial charge is 0.127 e. The van der Waals surface area contributed by atoms with E-state index >= 15 is 0 Å². The highest BCUT2D eigenvalue weighted by molar-refractivity contribution is 5.12. The summed E-state index contributed by atoms with van der Waals surface area (Å²) in [6.45, 7) is 8.16. The molecule has 0 rings (SSSR count). The van der Waals surface area contributed by atoms with Gasteiger partial charge in [0.25, 0.3) is 0 Å².